The Morgan fingerprint density at radius 3 is 2.38 bits per heavy atom. The van der Waals surface area contributed by atoms with E-state index in [1.54, 1.807) is 0 Å². The van der Waals surface area contributed by atoms with Crippen molar-refractivity contribution in [2.45, 2.75) is 6.42 Å². The molecule has 0 atom stereocenters. The Morgan fingerprint density at radius 1 is 1.10 bits per heavy atom. The Hall–Kier alpha value is -1.60. The second kappa shape index (κ2) is 6.91. The van der Waals surface area contributed by atoms with Gasteiger partial charge in [-0.25, -0.2) is 13.2 Å². The zero-order valence-corrected chi connectivity index (χ0v) is 11.5. The van der Waals surface area contributed by atoms with Crippen molar-refractivity contribution in [3.63, 3.8) is 0 Å². The van der Waals surface area contributed by atoms with Crippen LogP contribution in [-0.2, 0) is 0 Å². The van der Waals surface area contributed by atoms with Gasteiger partial charge >= 0.3 is 0 Å². The lowest BCUT2D eigenvalue weighted by atomic mass is 10.1. The van der Waals surface area contributed by atoms with E-state index in [9.17, 15) is 18.0 Å². The van der Waals surface area contributed by atoms with Crippen LogP contribution in [0.4, 0.5) is 13.2 Å². The van der Waals surface area contributed by atoms with Gasteiger partial charge in [-0.1, -0.05) is 0 Å². The summed E-state index contributed by atoms with van der Waals surface area (Å²) < 4.78 is 40.2. The Balaban J connectivity index is 2.13. The first-order valence-electron chi connectivity index (χ1n) is 6.80. The lowest BCUT2D eigenvalue weighted by Crippen LogP contribution is -2.36. The lowest BCUT2D eigenvalue weighted by molar-refractivity contribution is 0.0750. The molecule has 1 aromatic rings. The van der Waals surface area contributed by atoms with E-state index < -0.39 is 28.9 Å². The summed E-state index contributed by atoms with van der Waals surface area (Å²) in [5, 5.41) is 8.91. The molecule has 1 aromatic carbocycles. The minimum absolute atomic E-state index is 0.0230. The first kappa shape index (κ1) is 15.8. The van der Waals surface area contributed by atoms with Gasteiger partial charge in [0.25, 0.3) is 5.91 Å². The molecule has 2 rings (SSSR count). The summed E-state index contributed by atoms with van der Waals surface area (Å²) in [6.07, 6.45) is 0.649. The second-order valence-corrected chi connectivity index (χ2v) is 4.96. The molecule has 1 aliphatic rings. The van der Waals surface area contributed by atoms with Crippen molar-refractivity contribution in [2.24, 2.45) is 0 Å². The van der Waals surface area contributed by atoms with Gasteiger partial charge in [0, 0.05) is 38.3 Å². The number of amides is 1. The van der Waals surface area contributed by atoms with Gasteiger partial charge in [-0.05, 0) is 13.0 Å². The maximum Gasteiger partial charge on any atom is 0.259 e. The van der Waals surface area contributed by atoms with Crippen LogP contribution in [0, 0.1) is 17.5 Å². The fourth-order valence-electron chi connectivity index (χ4n) is 2.44. The van der Waals surface area contributed by atoms with E-state index in [4.69, 9.17) is 5.11 Å². The van der Waals surface area contributed by atoms with Crippen LogP contribution >= 0.6 is 0 Å². The zero-order chi connectivity index (χ0) is 15.4. The molecule has 0 radical (unpaired) electrons. The second-order valence-electron chi connectivity index (χ2n) is 4.96. The number of nitrogens with zero attached hydrogens (tertiary/aromatic N) is 2. The number of hydrogen-bond donors (Lipinski definition) is 1. The quantitative estimate of drug-likeness (QED) is 0.914. The number of carbonyl (C=O) groups excluding carboxylic acids is 1. The molecular weight excluding hydrogens is 285 g/mol. The van der Waals surface area contributed by atoms with Crippen LogP contribution in [-0.4, -0.2) is 60.1 Å². The molecule has 1 heterocycles. The van der Waals surface area contributed by atoms with Crippen molar-refractivity contribution in [2.75, 3.05) is 39.3 Å². The molecule has 116 valence electrons. The van der Waals surface area contributed by atoms with Crippen LogP contribution in [0.3, 0.4) is 0 Å². The van der Waals surface area contributed by atoms with Crippen LogP contribution in [0.25, 0.3) is 0 Å². The molecule has 4 nitrogen and oxygen atoms in total. The van der Waals surface area contributed by atoms with Gasteiger partial charge in [-0.3, -0.25) is 9.69 Å². The summed E-state index contributed by atoms with van der Waals surface area (Å²) in [4.78, 5) is 15.6. The predicted molar refractivity (Wildman–Crippen MR) is 70.4 cm³/mol. The summed E-state index contributed by atoms with van der Waals surface area (Å²) in [6.45, 7) is 2.44. The fourth-order valence-corrected chi connectivity index (χ4v) is 2.44. The number of benzene rings is 1. The highest BCUT2D eigenvalue weighted by molar-refractivity contribution is 5.94. The molecule has 1 saturated heterocycles. The SMILES string of the molecule is O=C(c1c(F)cc(F)cc1F)N1CCCN(CCO)CC1. The topological polar surface area (TPSA) is 43.8 Å². The average molecular weight is 302 g/mol. The Kier molecular flexibility index (Phi) is 5.19. The summed E-state index contributed by atoms with van der Waals surface area (Å²) >= 11 is 0. The molecule has 21 heavy (non-hydrogen) atoms. The van der Waals surface area contributed by atoms with Gasteiger partial charge in [-0.2, -0.15) is 0 Å². The summed E-state index contributed by atoms with van der Waals surface area (Å²) in [7, 11) is 0. The van der Waals surface area contributed by atoms with E-state index in [2.05, 4.69) is 0 Å². The number of carbonyl (C=O) groups is 1. The largest absolute Gasteiger partial charge is 0.395 e. The molecule has 0 aromatic heterocycles. The average Bonchev–Trinajstić information content (AvgIpc) is 2.63. The Labute approximate surface area is 120 Å². The van der Waals surface area contributed by atoms with E-state index >= 15 is 0 Å². The molecular formula is C14H17F3N2O2. The minimum atomic E-state index is -1.19. The van der Waals surface area contributed by atoms with Crippen molar-refractivity contribution in [1.29, 1.82) is 0 Å². The molecule has 0 bridgehead atoms. The summed E-state index contributed by atoms with van der Waals surface area (Å²) in [6, 6.07) is 1.01. The summed E-state index contributed by atoms with van der Waals surface area (Å²) in [5.41, 5.74) is -0.716. The number of β-amino-alcohol motifs (C(OH)–C–C–N with tert-alkyl or cyclic N) is 1. The van der Waals surface area contributed by atoms with E-state index in [-0.39, 0.29) is 6.61 Å². The van der Waals surface area contributed by atoms with Gasteiger partial charge in [-0.15, -0.1) is 0 Å². The standard InChI is InChI=1S/C14H17F3N2O2/c15-10-8-11(16)13(12(17)9-10)14(21)19-3-1-2-18(4-5-19)6-7-20/h8-9,20H,1-7H2. The molecule has 1 aliphatic heterocycles. The number of hydrogen-bond acceptors (Lipinski definition) is 3. The van der Waals surface area contributed by atoms with E-state index in [0.29, 0.717) is 51.3 Å². The number of aliphatic hydroxyl groups is 1. The monoisotopic (exact) mass is 302 g/mol. The zero-order valence-electron chi connectivity index (χ0n) is 11.5. The minimum Gasteiger partial charge on any atom is -0.395 e. The first-order chi connectivity index (χ1) is 10.0. The highest BCUT2D eigenvalue weighted by Gasteiger charge is 2.25. The number of aliphatic hydroxyl groups excluding tert-OH is 1. The first-order valence-corrected chi connectivity index (χ1v) is 6.80. The fraction of sp³-hybridized carbons (Fsp3) is 0.500. The third kappa shape index (κ3) is 3.74. The number of rotatable bonds is 3. The highest BCUT2D eigenvalue weighted by Crippen LogP contribution is 2.18. The molecule has 0 saturated carbocycles. The molecule has 1 fully saturated rings. The van der Waals surface area contributed by atoms with Gasteiger partial charge in [0.1, 0.15) is 23.0 Å². The van der Waals surface area contributed by atoms with Crippen molar-refractivity contribution >= 4 is 5.91 Å². The molecule has 7 heteroatoms. The van der Waals surface area contributed by atoms with Gasteiger partial charge in [0.2, 0.25) is 0 Å². The molecule has 1 amide bonds. The van der Waals surface area contributed by atoms with E-state index in [1.165, 1.54) is 4.90 Å². The van der Waals surface area contributed by atoms with Crippen LogP contribution < -0.4 is 0 Å². The third-order valence-corrected chi connectivity index (χ3v) is 3.51. The Morgan fingerprint density at radius 2 is 1.76 bits per heavy atom. The number of halogens is 3. The van der Waals surface area contributed by atoms with E-state index in [0.717, 1.165) is 0 Å². The van der Waals surface area contributed by atoms with Crippen LogP contribution in [0.5, 0.6) is 0 Å². The van der Waals surface area contributed by atoms with Gasteiger partial charge < -0.3 is 10.0 Å². The smallest absolute Gasteiger partial charge is 0.259 e. The Bertz CT molecular complexity index is 502. The highest BCUT2D eigenvalue weighted by atomic mass is 19.1. The van der Waals surface area contributed by atoms with Crippen LogP contribution in [0.2, 0.25) is 0 Å². The normalized spacial score (nSPS) is 16.9. The van der Waals surface area contributed by atoms with Crippen molar-refractivity contribution in [1.82, 2.24) is 9.80 Å². The molecule has 0 aliphatic carbocycles. The van der Waals surface area contributed by atoms with Crippen molar-refractivity contribution < 1.29 is 23.1 Å². The van der Waals surface area contributed by atoms with Gasteiger partial charge in [0.15, 0.2) is 0 Å². The maximum atomic E-state index is 13.6. The maximum absolute atomic E-state index is 13.6. The van der Waals surface area contributed by atoms with Crippen molar-refractivity contribution in [3.05, 3.63) is 35.1 Å². The van der Waals surface area contributed by atoms with E-state index in [1.807, 2.05) is 4.90 Å². The van der Waals surface area contributed by atoms with Crippen LogP contribution in [0.1, 0.15) is 16.8 Å². The lowest BCUT2D eigenvalue weighted by Gasteiger charge is -2.22. The van der Waals surface area contributed by atoms with Crippen molar-refractivity contribution in [3.8, 4) is 0 Å². The van der Waals surface area contributed by atoms with Gasteiger partial charge in [0.05, 0.1) is 6.61 Å². The third-order valence-electron chi connectivity index (χ3n) is 3.51. The molecule has 0 spiro atoms. The molecule has 0 unspecified atom stereocenters. The molecule has 1 N–H and O–H groups in total. The van der Waals surface area contributed by atoms with Crippen LogP contribution in [0.15, 0.2) is 12.1 Å². The summed E-state index contributed by atoms with van der Waals surface area (Å²) in [5.74, 6) is -4.19. The predicted octanol–water partition coefficient (Wildman–Crippen LogP) is 1.24.